The molecule has 2 aromatic carbocycles. The first-order valence-corrected chi connectivity index (χ1v) is 16.8. The van der Waals surface area contributed by atoms with Crippen LogP contribution in [0.1, 0.15) is 47.4 Å². The molecule has 0 aromatic heterocycles. The summed E-state index contributed by atoms with van der Waals surface area (Å²) in [5.74, 6) is 1.50. The average Bonchev–Trinajstić information content (AvgIpc) is 2.75. The van der Waals surface area contributed by atoms with Crippen molar-refractivity contribution in [2.45, 2.75) is 64.3 Å². The molecule has 0 fully saturated rings. The molecule has 2 atom stereocenters. The molecular weight excluding hydrogens is 424 g/mol. The molecule has 0 aliphatic heterocycles. The van der Waals surface area contributed by atoms with Crippen molar-refractivity contribution in [2.75, 3.05) is 0 Å². The van der Waals surface area contributed by atoms with Gasteiger partial charge in [0, 0.05) is 11.1 Å². The van der Waals surface area contributed by atoms with Gasteiger partial charge >= 0.3 is 0 Å². The number of ether oxygens (including phenoxy) is 2. The SMILES string of the molecule is CCC(Oc1ccc(C=O)cc1)[Si](C)(C)O[Si](C)(C)C(CC)Oc1ccc(C=O)cc1. The van der Waals surface area contributed by atoms with Crippen molar-refractivity contribution < 1.29 is 23.2 Å². The summed E-state index contributed by atoms with van der Waals surface area (Å²) < 4.78 is 19.5. The van der Waals surface area contributed by atoms with E-state index in [2.05, 4.69) is 40.0 Å². The van der Waals surface area contributed by atoms with Crippen molar-refractivity contribution in [2.24, 2.45) is 0 Å². The van der Waals surface area contributed by atoms with Crippen LogP contribution < -0.4 is 9.47 Å². The molecule has 0 N–H and O–H groups in total. The molecule has 0 aliphatic carbocycles. The van der Waals surface area contributed by atoms with Crippen LogP contribution >= 0.6 is 0 Å². The topological polar surface area (TPSA) is 61.8 Å². The average molecular weight is 459 g/mol. The minimum atomic E-state index is -2.24. The van der Waals surface area contributed by atoms with Gasteiger partial charge in [0.15, 0.2) is 0 Å². The van der Waals surface area contributed by atoms with Crippen molar-refractivity contribution in [3.8, 4) is 11.5 Å². The Kier molecular flexibility index (Phi) is 8.79. The van der Waals surface area contributed by atoms with E-state index < -0.39 is 16.6 Å². The van der Waals surface area contributed by atoms with Gasteiger partial charge in [-0.05, 0) is 87.6 Å². The predicted molar refractivity (Wildman–Crippen MR) is 129 cm³/mol. The second-order valence-electron chi connectivity index (χ2n) is 8.71. The molecule has 168 valence electrons. The van der Waals surface area contributed by atoms with E-state index in [4.69, 9.17) is 13.6 Å². The van der Waals surface area contributed by atoms with E-state index in [1.165, 1.54) is 0 Å². The number of benzene rings is 2. The van der Waals surface area contributed by atoms with Gasteiger partial charge in [-0.3, -0.25) is 9.59 Å². The fourth-order valence-electron chi connectivity index (χ4n) is 3.82. The maximum Gasteiger partial charge on any atom is 0.217 e. The highest BCUT2D eigenvalue weighted by Crippen LogP contribution is 2.28. The van der Waals surface area contributed by atoms with E-state index >= 15 is 0 Å². The van der Waals surface area contributed by atoms with Crippen LogP contribution in [0.5, 0.6) is 11.5 Å². The van der Waals surface area contributed by atoms with Gasteiger partial charge in [-0.15, -0.1) is 0 Å². The number of carbonyl (C=O) groups is 2. The number of hydrogen-bond donors (Lipinski definition) is 0. The molecule has 0 amide bonds. The van der Waals surface area contributed by atoms with E-state index in [0.717, 1.165) is 36.9 Å². The number of aldehydes is 2. The van der Waals surface area contributed by atoms with Crippen LogP contribution in [0.3, 0.4) is 0 Å². The van der Waals surface area contributed by atoms with Crippen LogP contribution in [0.2, 0.25) is 26.2 Å². The minimum absolute atomic E-state index is 0.0225. The lowest BCUT2D eigenvalue weighted by Crippen LogP contribution is -2.59. The molecule has 5 nitrogen and oxygen atoms in total. The summed E-state index contributed by atoms with van der Waals surface area (Å²) in [6.45, 7) is 13.0. The van der Waals surface area contributed by atoms with E-state index in [9.17, 15) is 9.59 Å². The van der Waals surface area contributed by atoms with Gasteiger partial charge in [0.2, 0.25) is 16.6 Å². The molecule has 31 heavy (non-hydrogen) atoms. The summed E-state index contributed by atoms with van der Waals surface area (Å²) in [4.78, 5) is 21.8. The Morgan fingerprint density at radius 3 is 1.26 bits per heavy atom. The Balaban J connectivity index is 2.12. The fourth-order valence-corrected chi connectivity index (χ4v) is 13.1. The minimum Gasteiger partial charge on any atom is -0.491 e. The Morgan fingerprint density at radius 2 is 1.00 bits per heavy atom. The van der Waals surface area contributed by atoms with E-state index in [0.29, 0.717) is 11.1 Å². The van der Waals surface area contributed by atoms with E-state index in [1.807, 2.05) is 24.3 Å². The first-order valence-electron chi connectivity index (χ1n) is 10.8. The Labute approximate surface area is 188 Å². The van der Waals surface area contributed by atoms with Crippen LogP contribution in [0.4, 0.5) is 0 Å². The van der Waals surface area contributed by atoms with Crippen molar-refractivity contribution in [1.82, 2.24) is 0 Å². The third-order valence-corrected chi connectivity index (χ3v) is 13.8. The van der Waals surface area contributed by atoms with Gasteiger partial charge in [0.1, 0.15) is 35.5 Å². The maximum atomic E-state index is 10.9. The van der Waals surface area contributed by atoms with Gasteiger partial charge in [-0.2, -0.15) is 0 Å². The highest BCUT2D eigenvalue weighted by atomic mass is 28.4. The molecule has 7 heteroatoms. The molecule has 0 saturated carbocycles. The van der Waals surface area contributed by atoms with Crippen molar-refractivity contribution in [1.29, 1.82) is 0 Å². The van der Waals surface area contributed by atoms with E-state index in [1.54, 1.807) is 24.3 Å². The van der Waals surface area contributed by atoms with Crippen molar-refractivity contribution in [3.05, 3.63) is 59.7 Å². The number of carbonyl (C=O) groups excluding carboxylic acids is 2. The standard InChI is InChI=1S/C24H34O5Si2/c1-7-23(27-21-13-9-19(17-25)10-14-21)30(3,4)29-31(5,6)24(8-2)28-22-15-11-20(18-26)12-16-22/h9-18,23-24H,7-8H2,1-6H3. The zero-order valence-corrected chi connectivity index (χ0v) is 21.4. The Hall–Kier alpha value is -2.23. The molecule has 0 spiro atoms. The van der Waals surface area contributed by atoms with Crippen LogP contribution in [-0.4, -0.2) is 40.7 Å². The van der Waals surface area contributed by atoms with Crippen LogP contribution in [-0.2, 0) is 4.12 Å². The van der Waals surface area contributed by atoms with Gasteiger partial charge < -0.3 is 13.6 Å². The molecule has 2 unspecified atom stereocenters. The molecule has 0 heterocycles. The summed E-state index contributed by atoms with van der Waals surface area (Å²) in [6.07, 6.45) is 3.33. The molecule has 0 aliphatic rings. The third kappa shape index (κ3) is 6.88. The maximum absolute atomic E-state index is 10.9. The van der Waals surface area contributed by atoms with Crippen LogP contribution in [0.25, 0.3) is 0 Å². The highest BCUT2D eigenvalue weighted by Gasteiger charge is 2.44. The second-order valence-corrected chi connectivity index (χ2v) is 17.2. The largest absolute Gasteiger partial charge is 0.491 e. The van der Waals surface area contributed by atoms with Crippen LogP contribution in [0.15, 0.2) is 48.5 Å². The van der Waals surface area contributed by atoms with Gasteiger partial charge in [0.05, 0.1) is 0 Å². The normalized spacial score (nSPS) is 13.9. The lowest BCUT2D eigenvalue weighted by Gasteiger charge is -2.41. The first-order chi connectivity index (χ1) is 14.6. The third-order valence-electron chi connectivity index (χ3n) is 5.41. The summed E-state index contributed by atoms with van der Waals surface area (Å²) in [6, 6.07) is 14.4. The monoisotopic (exact) mass is 458 g/mol. The molecule has 0 radical (unpaired) electrons. The smallest absolute Gasteiger partial charge is 0.217 e. The summed E-state index contributed by atoms with van der Waals surface area (Å²) in [5, 5.41) is 0. The Morgan fingerprint density at radius 1 is 0.677 bits per heavy atom. The lowest BCUT2D eigenvalue weighted by molar-refractivity contribution is 0.111. The van der Waals surface area contributed by atoms with Gasteiger partial charge in [-0.25, -0.2) is 0 Å². The second kappa shape index (κ2) is 10.9. The van der Waals surface area contributed by atoms with Gasteiger partial charge in [-0.1, -0.05) is 13.8 Å². The fraction of sp³-hybridized carbons (Fsp3) is 0.417. The van der Waals surface area contributed by atoms with Crippen LogP contribution in [0, 0.1) is 0 Å². The summed E-state index contributed by atoms with van der Waals surface area (Å²) >= 11 is 0. The van der Waals surface area contributed by atoms with Crippen molar-refractivity contribution >= 4 is 29.2 Å². The quantitative estimate of drug-likeness (QED) is 0.296. The summed E-state index contributed by atoms with van der Waals surface area (Å²) in [5.41, 5.74) is 1.22. The predicted octanol–water partition coefficient (Wildman–Crippen LogP) is 5.83. The Bertz CT molecular complexity index is 776. The molecule has 0 saturated heterocycles. The molecular formula is C24H34O5Si2. The molecule has 2 aromatic rings. The van der Waals surface area contributed by atoms with Crippen molar-refractivity contribution in [3.63, 3.8) is 0 Å². The first kappa shape index (κ1) is 25.0. The molecule has 2 rings (SSSR count). The zero-order valence-electron chi connectivity index (χ0n) is 19.4. The number of hydrogen-bond acceptors (Lipinski definition) is 5. The highest BCUT2D eigenvalue weighted by molar-refractivity contribution is 6.86. The molecule has 0 bridgehead atoms. The number of rotatable bonds is 12. The zero-order chi connectivity index (χ0) is 23.1. The summed E-state index contributed by atoms with van der Waals surface area (Å²) in [7, 11) is -4.48. The van der Waals surface area contributed by atoms with Gasteiger partial charge in [0.25, 0.3) is 0 Å². The lowest BCUT2D eigenvalue weighted by atomic mass is 10.2. The van der Waals surface area contributed by atoms with E-state index in [-0.39, 0.29) is 11.5 Å².